The van der Waals surface area contributed by atoms with Crippen molar-refractivity contribution in [3.8, 4) is 0 Å². The second-order valence-electron chi connectivity index (χ2n) is 4.36. The Balaban J connectivity index is 2.86. The lowest BCUT2D eigenvalue weighted by Crippen LogP contribution is -2.51. The monoisotopic (exact) mass is 228 g/mol. The largest absolute Gasteiger partial charge is 0.467 e. The molecule has 0 spiro atoms. The van der Waals surface area contributed by atoms with Gasteiger partial charge >= 0.3 is 5.97 Å². The quantitative estimate of drug-likeness (QED) is 0.645. The molecular formula is C10H16N2O4. The summed E-state index contributed by atoms with van der Waals surface area (Å²) in [4.78, 5) is 35.5. The summed E-state index contributed by atoms with van der Waals surface area (Å²) < 4.78 is 4.62. The molecule has 1 rings (SSSR count). The maximum atomic E-state index is 11.7. The van der Waals surface area contributed by atoms with E-state index in [-0.39, 0.29) is 18.9 Å². The minimum Gasteiger partial charge on any atom is -0.467 e. The second-order valence-corrected chi connectivity index (χ2v) is 4.36. The van der Waals surface area contributed by atoms with Gasteiger partial charge in [-0.15, -0.1) is 0 Å². The first-order valence-electron chi connectivity index (χ1n) is 4.99. The third kappa shape index (κ3) is 2.00. The summed E-state index contributed by atoms with van der Waals surface area (Å²) in [5.74, 6) is -1.79. The van der Waals surface area contributed by atoms with E-state index in [0.29, 0.717) is 0 Å². The number of likely N-dealkylation sites (tertiary alicyclic amines) is 1. The van der Waals surface area contributed by atoms with Crippen LogP contribution in [0.5, 0.6) is 0 Å². The minimum atomic E-state index is -1.06. The lowest BCUT2D eigenvalue weighted by atomic mass is 10.0. The second kappa shape index (κ2) is 4.11. The van der Waals surface area contributed by atoms with Crippen molar-refractivity contribution < 1.29 is 19.1 Å². The summed E-state index contributed by atoms with van der Waals surface area (Å²) in [5, 5.41) is 0. The van der Waals surface area contributed by atoms with Crippen molar-refractivity contribution in [2.75, 3.05) is 13.7 Å². The molecule has 1 fully saturated rings. The molecule has 1 aliphatic heterocycles. The van der Waals surface area contributed by atoms with Gasteiger partial charge in [0.15, 0.2) is 0 Å². The van der Waals surface area contributed by atoms with Crippen LogP contribution in [-0.4, -0.2) is 41.9 Å². The van der Waals surface area contributed by atoms with Crippen LogP contribution in [0.15, 0.2) is 0 Å². The molecule has 0 aromatic rings. The molecule has 1 saturated heterocycles. The number of esters is 1. The van der Waals surface area contributed by atoms with Crippen LogP contribution in [0.4, 0.5) is 0 Å². The highest BCUT2D eigenvalue weighted by molar-refractivity contribution is 5.92. The maximum absolute atomic E-state index is 11.7. The molecule has 6 heteroatoms. The topological polar surface area (TPSA) is 89.7 Å². The first-order chi connectivity index (χ1) is 7.30. The maximum Gasteiger partial charge on any atom is 0.331 e. The van der Waals surface area contributed by atoms with Crippen LogP contribution < -0.4 is 5.73 Å². The van der Waals surface area contributed by atoms with E-state index in [1.165, 1.54) is 12.0 Å². The molecule has 16 heavy (non-hydrogen) atoms. The Bertz CT molecular complexity index is 338. The van der Waals surface area contributed by atoms with Crippen molar-refractivity contribution in [1.82, 2.24) is 4.90 Å². The number of primary amides is 1. The number of methoxy groups -OCH3 is 1. The first kappa shape index (κ1) is 12.5. The van der Waals surface area contributed by atoms with E-state index in [1.807, 2.05) is 0 Å². The molecule has 1 unspecified atom stereocenters. The third-order valence-corrected chi connectivity index (χ3v) is 2.89. The number of nitrogens with zero attached hydrogens (tertiary/aromatic N) is 1. The number of hydrogen-bond acceptors (Lipinski definition) is 4. The van der Waals surface area contributed by atoms with Crippen LogP contribution in [0.3, 0.4) is 0 Å². The Morgan fingerprint density at radius 1 is 1.50 bits per heavy atom. The molecule has 2 N–H and O–H groups in total. The van der Waals surface area contributed by atoms with Crippen molar-refractivity contribution >= 4 is 17.8 Å². The van der Waals surface area contributed by atoms with Crippen molar-refractivity contribution in [1.29, 1.82) is 0 Å². The zero-order valence-electron chi connectivity index (χ0n) is 9.65. The van der Waals surface area contributed by atoms with Gasteiger partial charge in [0.2, 0.25) is 11.8 Å². The van der Waals surface area contributed by atoms with E-state index >= 15 is 0 Å². The first-order valence-corrected chi connectivity index (χ1v) is 4.99. The number of carbonyl (C=O) groups excluding carboxylic acids is 3. The Labute approximate surface area is 93.7 Å². The molecule has 0 saturated carbocycles. The average Bonchev–Trinajstić information content (AvgIpc) is 2.59. The van der Waals surface area contributed by atoms with Crippen molar-refractivity contribution in [2.45, 2.75) is 25.8 Å². The van der Waals surface area contributed by atoms with Crippen LogP contribution in [0.25, 0.3) is 0 Å². The van der Waals surface area contributed by atoms with Crippen molar-refractivity contribution in [3.63, 3.8) is 0 Å². The summed E-state index contributed by atoms with van der Waals surface area (Å²) >= 11 is 0. The van der Waals surface area contributed by atoms with Gasteiger partial charge in [-0.05, 0) is 13.8 Å². The van der Waals surface area contributed by atoms with E-state index < -0.39 is 23.3 Å². The molecule has 6 nitrogen and oxygen atoms in total. The Hall–Kier alpha value is -1.59. The van der Waals surface area contributed by atoms with Crippen molar-refractivity contribution in [3.05, 3.63) is 0 Å². The summed E-state index contributed by atoms with van der Waals surface area (Å²) in [6, 6.07) is 0. The standard InChI is InChI=1S/C10H16N2O4/c1-10(2,9(15)16-3)12-5-6(8(11)14)4-7(12)13/h6H,4-5H2,1-3H3,(H2,11,14). The zero-order valence-corrected chi connectivity index (χ0v) is 9.65. The van der Waals surface area contributed by atoms with Gasteiger partial charge in [-0.2, -0.15) is 0 Å². The summed E-state index contributed by atoms with van der Waals surface area (Å²) in [7, 11) is 1.26. The fourth-order valence-corrected chi connectivity index (χ4v) is 1.80. The van der Waals surface area contributed by atoms with E-state index in [1.54, 1.807) is 13.8 Å². The van der Waals surface area contributed by atoms with E-state index in [2.05, 4.69) is 4.74 Å². The summed E-state index contributed by atoms with van der Waals surface area (Å²) in [5.41, 5.74) is 4.08. The molecule has 1 atom stereocenters. The Morgan fingerprint density at radius 3 is 2.44 bits per heavy atom. The molecule has 1 heterocycles. The summed E-state index contributed by atoms with van der Waals surface area (Å²) in [6.07, 6.45) is 0.0652. The molecule has 0 bridgehead atoms. The smallest absolute Gasteiger partial charge is 0.331 e. The number of amides is 2. The highest BCUT2D eigenvalue weighted by Crippen LogP contribution is 2.26. The van der Waals surface area contributed by atoms with Crippen LogP contribution in [-0.2, 0) is 19.1 Å². The van der Waals surface area contributed by atoms with Gasteiger partial charge in [0.1, 0.15) is 5.54 Å². The fourth-order valence-electron chi connectivity index (χ4n) is 1.80. The lowest BCUT2D eigenvalue weighted by molar-refractivity contribution is -0.157. The molecule has 0 radical (unpaired) electrons. The van der Waals surface area contributed by atoms with Gasteiger partial charge in [-0.3, -0.25) is 9.59 Å². The fraction of sp³-hybridized carbons (Fsp3) is 0.700. The molecule has 1 aliphatic rings. The third-order valence-electron chi connectivity index (χ3n) is 2.89. The molecule has 0 aromatic carbocycles. The molecule has 2 amide bonds. The SMILES string of the molecule is COC(=O)C(C)(C)N1CC(C(N)=O)CC1=O. The zero-order chi connectivity index (χ0) is 12.5. The summed E-state index contributed by atoms with van der Waals surface area (Å²) in [6.45, 7) is 3.34. The number of nitrogens with two attached hydrogens (primary N) is 1. The van der Waals surface area contributed by atoms with E-state index in [4.69, 9.17) is 5.73 Å². The molecule has 90 valence electrons. The number of carbonyl (C=O) groups is 3. The van der Waals surface area contributed by atoms with E-state index in [0.717, 1.165) is 0 Å². The predicted molar refractivity (Wildman–Crippen MR) is 55.1 cm³/mol. The van der Waals surface area contributed by atoms with Gasteiger partial charge in [0.25, 0.3) is 0 Å². The van der Waals surface area contributed by atoms with Crippen LogP contribution >= 0.6 is 0 Å². The Morgan fingerprint density at radius 2 is 2.06 bits per heavy atom. The van der Waals surface area contributed by atoms with E-state index in [9.17, 15) is 14.4 Å². The van der Waals surface area contributed by atoms with Gasteiger partial charge < -0.3 is 15.4 Å². The van der Waals surface area contributed by atoms with Crippen LogP contribution in [0.1, 0.15) is 20.3 Å². The molecule has 0 aliphatic carbocycles. The van der Waals surface area contributed by atoms with Crippen LogP contribution in [0.2, 0.25) is 0 Å². The van der Waals surface area contributed by atoms with Gasteiger partial charge in [-0.25, -0.2) is 4.79 Å². The number of rotatable bonds is 3. The van der Waals surface area contributed by atoms with Gasteiger partial charge in [0, 0.05) is 13.0 Å². The van der Waals surface area contributed by atoms with Gasteiger partial charge in [0.05, 0.1) is 13.0 Å². The number of hydrogen-bond donors (Lipinski definition) is 1. The van der Waals surface area contributed by atoms with Crippen molar-refractivity contribution in [2.24, 2.45) is 11.7 Å². The highest BCUT2D eigenvalue weighted by Gasteiger charge is 2.45. The predicted octanol–water partition coefficient (Wildman–Crippen LogP) is -0.728. The molecular weight excluding hydrogens is 212 g/mol. The normalized spacial score (nSPS) is 21.1. The lowest BCUT2D eigenvalue weighted by Gasteiger charge is -2.32. The molecule has 0 aromatic heterocycles. The Kier molecular flexibility index (Phi) is 3.21. The van der Waals surface area contributed by atoms with Gasteiger partial charge in [-0.1, -0.05) is 0 Å². The minimum absolute atomic E-state index is 0.0652. The highest BCUT2D eigenvalue weighted by atomic mass is 16.5. The average molecular weight is 228 g/mol. The number of ether oxygens (including phenoxy) is 1. The van der Waals surface area contributed by atoms with Crippen LogP contribution in [0, 0.1) is 5.92 Å².